The minimum atomic E-state index is 0.181. The number of likely N-dealkylation sites (tertiary alicyclic amines) is 1. The van der Waals surface area contributed by atoms with Crippen LogP contribution < -0.4 is 10.1 Å². The number of carbonyl (C=O) groups is 1. The number of carbonyl (C=O) groups excluding carboxylic acids is 1. The summed E-state index contributed by atoms with van der Waals surface area (Å²) in [6.07, 6.45) is 2.19. The Morgan fingerprint density at radius 3 is 3.10 bits per heavy atom. The van der Waals surface area contributed by atoms with E-state index in [0.29, 0.717) is 37.9 Å². The molecule has 1 fully saturated rings. The molecule has 0 aromatic carbocycles. The molecule has 7 heteroatoms. The Bertz CT molecular complexity index is 455. The van der Waals surface area contributed by atoms with E-state index in [9.17, 15) is 4.79 Å². The van der Waals surface area contributed by atoms with E-state index < -0.39 is 0 Å². The lowest BCUT2D eigenvalue weighted by molar-refractivity contribution is -0.128. The van der Waals surface area contributed by atoms with Gasteiger partial charge in [0.2, 0.25) is 17.7 Å². The Morgan fingerprint density at radius 1 is 1.50 bits per heavy atom. The maximum Gasteiger partial charge on any atom is 0.225 e. The molecule has 0 saturated carbocycles. The molecule has 1 aromatic rings. The first-order valence-electron chi connectivity index (χ1n) is 6.60. The normalized spacial score (nSPS) is 18.4. The first kappa shape index (κ1) is 14.5. The second-order valence-electron chi connectivity index (χ2n) is 4.71. The van der Waals surface area contributed by atoms with Gasteiger partial charge in [-0.1, -0.05) is 0 Å². The molecular weight excluding hydrogens is 260 g/mol. The van der Waals surface area contributed by atoms with Crippen LogP contribution in [-0.4, -0.2) is 61.2 Å². The van der Waals surface area contributed by atoms with Gasteiger partial charge in [0.25, 0.3) is 0 Å². The SMILES string of the molecule is COCCN1CC(CNc2nccc(OC)n2)CC1=O. The van der Waals surface area contributed by atoms with Crippen molar-refractivity contribution in [1.29, 1.82) is 0 Å². The summed E-state index contributed by atoms with van der Waals surface area (Å²) in [7, 11) is 3.20. The molecule has 1 saturated heterocycles. The zero-order valence-corrected chi connectivity index (χ0v) is 11.8. The van der Waals surface area contributed by atoms with Gasteiger partial charge in [-0.15, -0.1) is 0 Å². The quantitative estimate of drug-likeness (QED) is 0.778. The molecule has 0 spiro atoms. The number of rotatable bonds is 7. The molecule has 20 heavy (non-hydrogen) atoms. The third kappa shape index (κ3) is 3.80. The molecule has 0 aliphatic carbocycles. The highest BCUT2D eigenvalue weighted by Gasteiger charge is 2.28. The average molecular weight is 280 g/mol. The van der Waals surface area contributed by atoms with Crippen LogP contribution in [0.1, 0.15) is 6.42 Å². The third-order valence-electron chi connectivity index (χ3n) is 3.25. The highest BCUT2D eigenvalue weighted by atomic mass is 16.5. The molecule has 2 heterocycles. The molecule has 1 aliphatic heterocycles. The van der Waals surface area contributed by atoms with Crippen molar-refractivity contribution in [3.63, 3.8) is 0 Å². The van der Waals surface area contributed by atoms with Crippen LogP contribution in [0.4, 0.5) is 5.95 Å². The third-order valence-corrected chi connectivity index (χ3v) is 3.25. The van der Waals surface area contributed by atoms with Crippen LogP contribution in [0.3, 0.4) is 0 Å². The Labute approximate surface area is 118 Å². The van der Waals surface area contributed by atoms with Gasteiger partial charge in [0.15, 0.2) is 0 Å². The number of ether oxygens (including phenoxy) is 2. The van der Waals surface area contributed by atoms with E-state index in [2.05, 4.69) is 15.3 Å². The summed E-state index contributed by atoms with van der Waals surface area (Å²) in [6, 6.07) is 1.69. The van der Waals surface area contributed by atoms with E-state index in [1.807, 2.05) is 4.90 Å². The molecule has 1 amide bonds. The second-order valence-corrected chi connectivity index (χ2v) is 4.71. The number of nitrogens with zero attached hydrogens (tertiary/aromatic N) is 3. The van der Waals surface area contributed by atoms with Crippen LogP contribution in [0.2, 0.25) is 0 Å². The smallest absolute Gasteiger partial charge is 0.225 e. The summed E-state index contributed by atoms with van der Waals surface area (Å²) in [5, 5.41) is 3.15. The topological polar surface area (TPSA) is 76.6 Å². The monoisotopic (exact) mass is 280 g/mol. The van der Waals surface area contributed by atoms with Gasteiger partial charge in [-0.05, 0) is 0 Å². The Hall–Kier alpha value is -1.89. The lowest BCUT2D eigenvalue weighted by Gasteiger charge is -2.16. The van der Waals surface area contributed by atoms with Gasteiger partial charge < -0.3 is 19.7 Å². The van der Waals surface area contributed by atoms with E-state index in [1.165, 1.54) is 0 Å². The van der Waals surface area contributed by atoms with E-state index in [1.54, 1.807) is 26.5 Å². The molecule has 1 aliphatic rings. The molecule has 0 radical (unpaired) electrons. The van der Waals surface area contributed by atoms with Crippen molar-refractivity contribution in [1.82, 2.24) is 14.9 Å². The van der Waals surface area contributed by atoms with Crippen LogP contribution in [0.5, 0.6) is 5.88 Å². The first-order valence-corrected chi connectivity index (χ1v) is 6.60. The summed E-state index contributed by atoms with van der Waals surface area (Å²) in [5.41, 5.74) is 0. The standard InChI is InChI=1S/C13H20N4O3/c1-19-6-5-17-9-10(7-12(17)18)8-15-13-14-4-3-11(16-13)20-2/h3-4,10H,5-9H2,1-2H3,(H,14,15,16). The summed E-state index contributed by atoms with van der Waals surface area (Å²) < 4.78 is 10.0. The van der Waals surface area contributed by atoms with Gasteiger partial charge >= 0.3 is 0 Å². The van der Waals surface area contributed by atoms with Gasteiger partial charge in [0.05, 0.1) is 13.7 Å². The zero-order valence-electron chi connectivity index (χ0n) is 11.8. The number of anilines is 1. The zero-order chi connectivity index (χ0) is 14.4. The van der Waals surface area contributed by atoms with Crippen LogP contribution in [0.25, 0.3) is 0 Å². The predicted octanol–water partition coefficient (Wildman–Crippen LogP) is 0.392. The molecule has 2 rings (SSSR count). The van der Waals surface area contributed by atoms with Crippen LogP contribution in [0, 0.1) is 5.92 Å². The van der Waals surface area contributed by atoms with E-state index >= 15 is 0 Å². The minimum absolute atomic E-state index is 0.181. The molecular formula is C13H20N4O3. The fourth-order valence-corrected chi connectivity index (χ4v) is 2.18. The second kappa shape index (κ2) is 7.04. The molecule has 1 N–H and O–H groups in total. The summed E-state index contributed by atoms with van der Waals surface area (Å²) in [6.45, 7) is 2.65. The predicted molar refractivity (Wildman–Crippen MR) is 73.6 cm³/mol. The van der Waals surface area contributed by atoms with Crippen LogP contribution in [0.15, 0.2) is 12.3 Å². The van der Waals surface area contributed by atoms with Crippen molar-refractivity contribution in [3.05, 3.63) is 12.3 Å². The van der Waals surface area contributed by atoms with Crippen molar-refractivity contribution in [3.8, 4) is 5.88 Å². The van der Waals surface area contributed by atoms with Crippen molar-refractivity contribution in [2.24, 2.45) is 5.92 Å². The van der Waals surface area contributed by atoms with Crippen LogP contribution in [-0.2, 0) is 9.53 Å². The fraction of sp³-hybridized carbons (Fsp3) is 0.615. The molecule has 1 unspecified atom stereocenters. The Morgan fingerprint density at radius 2 is 2.35 bits per heavy atom. The van der Waals surface area contributed by atoms with Gasteiger partial charge in [-0.25, -0.2) is 4.98 Å². The van der Waals surface area contributed by atoms with Gasteiger partial charge in [0.1, 0.15) is 0 Å². The largest absolute Gasteiger partial charge is 0.481 e. The highest BCUT2D eigenvalue weighted by molar-refractivity contribution is 5.78. The van der Waals surface area contributed by atoms with Crippen molar-refractivity contribution in [2.45, 2.75) is 6.42 Å². The van der Waals surface area contributed by atoms with Crippen molar-refractivity contribution >= 4 is 11.9 Å². The number of amides is 1. The number of nitrogens with one attached hydrogen (secondary N) is 1. The summed E-state index contributed by atoms with van der Waals surface area (Å²) >= 11 is 0. The average Bonchev–Trinajstić information content (AvgIpc) is 2.83. The minimum Gasteiger partial charge on any atom is -0.481 e. The van der Waals surface area contributed by atoms with Gasteiger partial charge in [0, 0.05) is 51.3 Å². The first-order chi connectivity index (χ1) is 9.72. The lowest BCUT2D eigenvalue weighted by Crippen LogP contribution is -2.29. The van der Waals surface area contributed by atoms with E-state index in [-0.39, 0.29) is 11.8 Å². The fourth-order valence-electron chi connectivity index (χ4n) is 2.18. The van der Waals surface area contributed by atoms with E-state index in [4.69, 9.17) is 9.47 Å². The number of hydrogen-bond donors (Lipinski definition) is 1. The molecule has 110 valence electrons. The molecule has 7 nitrogen and oxygen atoms in total. The Kier molecular flexibility index (Phi) is 5.11. The lowest BCUT2D eigenvalue weighted by atomic mass is 10.1. The summed E-state index contributed by atoms with van der Waals surface area (Å²) in [5.74, 6) is 1.49. The summed E-state index contributed by atoms with van der Waals surface area (Å²) in [4.78, 5) is 21.9. The molecule has 1 atom stereocenters. The van der Waals surface area contributed by atoms with Crippen LogP contribution >= 0.6 is 0 Å². The van der Waals surface area contributed by atoms with E-state index in [0.717, 1.165) is 6.54 Å². The van der Waals surface area contributed by atoms with Gasteiger partial charge in [-0.3, -0.25) is 4.79 Å². The van der Waals surface area contributed by atoms with Crippen molar-refractivity contribution < 1.29 is 14.3 Å². The number of aromatic nitrogens is 2. The molecule has 1 aromatic heterocycles. The maximum atomic E-state index is 11.8. The highest BCUT2D eigenvalue weighted by Crippen LogP contribution is 2.18. The maximum absolute atomic E-state index is 11.8. The number of methoxy groups -OCH3 is 2. The van der Waals surface area contributed by atoms with Crippen molar-refractivity contribution in [2.75, 3.05) is 45.8 Å². The number of hydrogen-bond acceptors (Lipinski definition) is 6. The molecule has 0 bridgehead atoms. The van der Waals surface area contributed by atoms with Gasteiger partial charge in [-0.2, -0.15) is 4.98 Å². The Balaban J connectivity index is 1.81.